The lowest BCUT2D eigenvalue weighted by Crippen LogP contribution is -2.07. The molecule has 0 amide bonds. The fraction of sp³-hybridized carbons (Fsp3) is 0.190. The minimum absolute atomic E-state index is 0.00508. The Kier molecular flexibility index (Phi) is 6.50. The molecular weight excluding hydrogens is 472 g/mol. The van der Waals surface area contributed by atoms with Crippen LogP contribution >= 0.6 is 15.9 Å². The van der Waals surface area contributed by atoms with Gasteiger partial charge in [-0.1, -0.05) is 13.0 Å². The number of esters is 2. The number of halogens is 1. The number of benzene rings is 2. The average Bonchev–Trinajstić information content (AvgIpc) is 3.09. The van der Waals surface area contributed by atoms with E-state index in [0.717, 1.165) is 0 Å². The van der Waals surface area contributed by atoms with Crippen molar-refractivity contribution in [3.8, 4) is 11.5 Å². The van der Waals surface area contributed by atoms with Gasteiger partial charge in [0.05, 0.1) is 16.5 Å². The van der Waals surface area contributed by atoms with E-state index in [1.165, 1.54) is 19.3 Å². The Morgan fingerprint density at radius 2 is 2.06 bits per heavy atom. The van der Waals surface area contributed by atoms with Gasteiger partial charge in [0.25, 0.3) is 5.69 Å². The Morgan fingerprint density at radius 3 is 2.71 bits per heavy atom. The second-order valence-corrected chi connectivity index (χ2v) is 7.31. The number of aliphatic imine (C=N–C) groups is 1. The van der Waals surface area contributed by atoms with Crippen LogP contribution in [0.5, 0.6) is 11.5 Å². The monoisotopic (exact) mass is 488 g/mol. The first-order valence-corrected chi connectivity index (χ1v) is 9.89. The number of cyclic esters (lactones) is 1. The van der Waals surface area contributed by atoms with Crippen molar-refractivity contribution in [3.63, 3.8) is 0 Å². The van der Waals surface area contributed by atoms with Crippen LogP contribution < -0.4 is 9.47 Å². The van der Waals surface area contributed by atoms with Gasteiger partial charge in [0, 0.05) is 23.6 Å². The van der Waals surface area contributed by atoms with Crippen molar-refractivity contribution in [1.82, 2.24) is 0 Å². The van der Waals surface area contributed by atoms with E-state index < -0.39 is 16.9 Å². The van der Waals surface area contributed by atoms with Crippen LogP contribution in [0, 0.1) is 17.0 Å². The van der Waals surface area contributed by atoms with E-state index in [0.29, 0.717) is 21.2 Å². The molecule has 1 aliphatic rings. The average molecular weight is 489 g/mol. The molecule has 0 unspecified atom stereocenters. The van der Waals surface area contributed by atoms with Crippen LogP contribution in [0.1, 0.15) is 30.0 Å². The third-order valence-electron chi connectivity index (χ3n) is 4.33. The van der Waals surface area contributed by atoms with E-state index >= 15 is 0 Å². The zero-order valence-corrected chi connectivity index (χ0v) is 18.4. The van der Waals surface area contributed by atoms with Crippen molar-refractivity contribution in [2.75, 3.05) is 7.11 Å². The second-order valence-electron chi connectivity index (χ2n) is 6.46. The van der Waals surface area contributed by atoms with Crippen LogP contribution in [-0.4, -0.2) is 29.9 Å². The SMILES string of the molecule is CCC(=O)Oc1c(Br)cc(/C=C2\N=C(c3ccc(C)c([N+](=O)[O-])c3)OC2=O)cc1OC. The van der Waals surface area contributed by atoms with Gasteiger partial charge in [-0.2, -0.15) is 0 Å². The quantitative estimate of drug-likeness (QED) is 0.195. The van der Waals surface area contributed by atoms with Crippen molar-refractivity contribution in [3.05, 3.63) is 67.3 Å². The summed E-state index contributed by atoms with van der Waals surface area (Å²) in [6, 6.07) is 7.66. The highest BCUT2D eigenvalue weighted by molar-refractivity contribution is 9.10. The molecular formula is C21H17BrN2O7. The number of nitro benzene ring substituents is 1. The molecule has 2 aromatic carbocycles. The molecule has 3 rings (SSSR count). The fourth-order valence-electron chi connectivity index (χ4n) is 2.74. The first kappa shape index (κ1) is 22.2. The van der Waals surface area contributed by atoms with Crippen molar-refractivity contribution in [2.45, 2.75) is 20.3 Å². The second kappa shape index (κ2) is 9.09. The molecule has 0 aromatic heterocycles. The van der Waals surface area contributed by atoms with Gasteiger partial charge in [0.1, 0.15) is 0 Å². The van der Waals surface area contributed by atoms with E-state index in [4.69, 9.17) is 14.2 Å². The molecule has 10 heteroatoms. The largest absolute Gasteiger partial charge is 0.493 e. The highest BCUT2D eigenvalue weighted by atomic mass is 79.9. The molecule has 1 heterocycles. The molecule has 0 bridgehead atoms. The standard InChI is InChI=1S/C21H17BrN2O7/c1-4-18(25)30-19-14(22)7-12(9-17(19)29-3)8-15-21(26)31-20(23-15)13-6-5-11(2)16(10-13)24(27)28/h5-10H,4H2,1-3H3/b15-8-. The third kappa shape index (κ3) is 4.80. The van der Waals surface area contributed by atoms with E-state index in [-0.39, 0.29) is 35.2 Å². The number of hydrogen-bond acceptors (Lipinski definition) is 8. The fourth-order valence-corrected chi connectivity index (χ4v) is 3.28. The lowest BCUT2D eigenvalue weighted by molar-refractivity contribution is -0.385. The zero-order valence-electron chi connectivity index (χ0n) is 16.8. The summed E-state index contributed by atoms with van der Waals surface area (Å²) in [5.41, 5.74) is 1.24. The molecule has 0 fully saturated rings. The normalized spacial score (nSPS) is 14.3. The van der Waals surface area contributed by atoms with Crippen molar-refractivity contribution < 1.29 is 28.7 Å². The molecule has 0 atom stereocenters. The molecule has 0 spiro atoms. The van der Waals surface area contributed by atoms with E-state index in [1.807, 2.05) is 0 Å². The lowest BCUT2D eigenvalue weighted by atomic mass is 10.1. The molecule has 0 aliphatic carbocycles. The summed E-state index contributed by atoms with van der Waals surface area (Å²) in [5.74, 6) is -0.644. The highest BCUT2D eigenvalue weighted by Gasteiger charge is 2.26. The maximum Gasteiger partial charge on any atom is 0.363 e. The van der Waals surface area contributed by atoms with Gasteiger partial charge < -0.3 is 14.2 Å². The molecule has 1 aliphatic heterocycles. The Balaban J connectivity index is 1.97. The molecule has 0 saturated carbocycles. The molecule has 9 nitrogen and oxygen atoms in total. The van der Waals surface area contributed by atoms with E-state index in [1.54, 1.807) is 38.1 Å². The molecule has 0 saturated heterocycles. The van der Waals surface area contributed by atoms with Gasteiger partial charge in [-0.25, -0.2) is 9.79 Å². The van der Waals surface area contributed by atoms with Crippen LogP contribution in [0.25, 0.3) is 6.08 Å². The number of aryl methyl sites for hydroxylation is 1. The smallest absolute Gasteiger partial charge is 0.363 e. The van der Waals surface area contributed by atoms with Crippen LogP contribution in [0.4, 0.5) is 5.69 Å². The van der Waals surface area contributed by atoms with Crippen molar-refractivity contribution in [1.29, 1.82) is 0 Å². The number of ether oxygens (including phenoxy) is 3. The molecule has 0 radical (unpaired) electrons. The third-order valence-corrected chi connectivity index (χ3v) is 4.92. The van der Waals surface area contributed by atoms with Gasteiger partial charge in [0.15, 0.2) is 17.2 Å². The first-order valence-electron chi connectivity index (χ1n) is 9.09. The predicted octanol–water partition coefficient (Wildman–Crippen LogP) is 4.33. The number of rotatable bonds is 6. The Bertz CT molecular complexity index is 1150. The molecule has 160 valence electrons. The summed E-state index contributed by atoms with van der Waals surface area (Å²) in [6.07, 6.45) is 1.67. The minimum atomic E-state index is -0.699. The Labute approximate surface area is 185 Å². The van der Waals surface area contributed by atoms with E-state index in [2.05, 4.69) is 20.9 Å². The zero-order chi connectivity index (χ0) is 22.7. The lowest BCUT2D eigenvalue weighted by Gasteiger charge is -2.11. The van der Waals surface area contributed by atoms with E-state index in [9.17, 15) is 19.7 Å². The summed E-state index contributed by atoms with van der Waals surface area (Å²) in [5, 5.41) is 11.2. The number of nitrogens with zero attached hydrogens (tertiary/aromatic N) is 2. The van der Waals surface area contributed by atoms with Crippen LogP contribution in [-0.2, 0) is 14.3 Å². The summed E-state index contributed by atoms with van der Waals surface area (Å²) in [4.78, 5) is 38.8. The van der Waals surface area contributed by atoms with Gasteiger partial charge in [-0.05, 0) is 52.7 Å². The predicted molar refractivity (Wildman–Crippen MR) is 115 cm³/mol. The van der Waals surface area contributed by atoms with Crippen LogP contribution in [0.15, 0.2) is 45.5 Å². The van der Waals surface area contributed by atoms with Gasteiger partial charge in [-0.15, -0.1) is 0 Å². The molecule has 2 aromatic rings. The number of nitro groups is 1. The molecule has 0 N–H and O–H groups in total. The van der Waals surface area contributed by atoms with Crippen LogP contribution in [0.3, 0.4) is 0 Å². The van der Waals surface area contributed by atoms with Gasteiger partial charge in [0.2, 0.25) is 5.90 Å². The summed E-state index contributed by atoms with van der Waals surface area (Å²) < 4.78 is 16.2. The van der Waals surface area contributed by atoms with Crippen molar-refractivity contribution >= 4 is 45.5 Å². The first-order chi connectivity index (χ1) is 14.7. The number of carbonyl (C=O) groups is 2. The summed E-state index contributed by atoms with van der Waals surface area (Å²) in [6.45, 7) is 3.29. The Hall–Kier alpha value is -3.53. The minimum Gasteiger partial charge on any atom is -0.493 e. The topological polar surface area (TPSA) is 117 Å². The number of methoxy groups -OCH3 is 1. The molecule has 31 heavy (non-hydrogen) atoms. The van der Waals surface area contributed by atoms with Crippen molar-refractivity contribution in [2.24, 2.45) is 4.99 Å². The summed E-state index contributed by atoms with van der Waals surface area (Å²) >= 11 is 3.34. The highest BCUT2D eigenvalue weighted by Crippen LogP contribution is 2.38. The Morgan fingerprint density at radius 1 is 1.32 bits per heavy atom. The number of hydrogen-bond donors (Lipinski definition) is 0. The van der Waals surface area contributed by atoms with Crippen LogP contribution in [0.2, 0.25) is 0 Å². The van der Waals surface area contributed by atoms with Gasteiger partial charge in [-0.3, -0.25) is 14.9 Å². The maximum atomic E-state index is 12.3. The maximum absolute atomic E-state index is 12.3. The number of carbonyl (C=O) groups excluding carboxylic acids is 2. The van der Waals surface area contributed by atoms with Gasteiger partial charge >= 0.3 is 11.9 Å². The summed E-state index contributed by atoms with van der Waals surface area (Å²) in [7, 11) is 1.42.